The van der Waals surface area contributed by atoms with Gasteiger partial charge in [-0.3, -0.25) is 0 Å². The predicted molar refractivity (Wildman–Crippen MR) is 65.3 cm³/mol. The molecule has 0 aliphatic rings. The van der Waals surface area contributed by atoms with Crippen molar-refractivity contribution in [3.8, 4) is 0 Å². The molecule has 1 heterocycles. The number of hydrogen-bond acceptors (Lipinski definition) is 4. The molecule has 2 rings (SSSR count). The molecule has 5 nitrogen and oxygen atoms in total. The molecule has 0 saturated heterocycles. The van der Waals surface area contributed by atoms with E-state index < -0.39 is 0 Å². The molecule has 0 amide bonds. The van der Waals surface area contributed by atoms with Crippen molar-refractivity contribution in [2.24, 2.45) is 5.73 Å². The first-order valence-electron chi connectivity index (χ1n) is 5.75. The molecule has 1 aromatic heterocycles. The first kappa shape index (κ1) is 11.7. The second kappa shape index (κ2) is 5.05. The topological polar surface area (TPSA) is 69.6 Å². The van der Waals surface area contributed by atoms with Crippen LogP contribution in [0.25, 0.3) is 0 Å². The average Bonchev–Trinajstić information content (AvgIpc) is 2.79. The van der Waals surface area contributed by atoms with Gasteiger partial charge in [0.2, 0.25) is 0 Å². The lowest BCUT2D eigenvalue weighted by atomic mass is 10.1. The molecule has 17 heavy (non-hydrogen) atoms. The summed E-state index contributed by atoms with van der Waals surface area (Å²) in [6.07, 6.45) is 0.894. The van der Waals surface area contributed by atoms with E-state index in [0.717, 1.165) is 12.2 Å². The monoisotopic (exact) mass is 231 g/mol. The number of nitrogens with two attached hydrogens (primary N) is 1. The van der Waals surface area contributed by atoms with E-state index in [0.29, 0.717) is 0 Å². The highest BCUT2D eigenvalue weighted by Gasteiger charge is 2.15. The van der Waals surface area contributed by atoms with Gasteiger partial charge in [-0.05, 0) is 36.3 Å². The van der Waals surface area contributed by atoms with Gasteiger partial charge in [0.05, 0.1) is 12.1 Å². The molecular formula is C12H17N5. The minimum Gasteiger partial charge on any atom is -0.322 e. The Labute approximate surface area is 101 Å². The fraction of sp³-hybridized carbons (Fsp3) is 0.417. The first-order valence-corrected chi connectivity index (χ1v) is 5.75. The minimum atomic E-state index is -0.150. The van der Waals surface area contributed by atoms with Crippen molar-refractivity contribution < 1.29 is 0 Å². The van der Waals surface area contributed by atoms with Gasteiger partial charge >= 0.3 is 0 Å². The third-order valence-corrected chi connectivity index (χ3v) is 2.72. The minimum absolute atomic E-state index is 0.150. The number of rotatable bonds is 4. The van der Waals surface area contributed by atoms with Gasteiger partial charge in [-0.1, -0.05) is 30.3 Å². The lowest BCUT2D eigenvalue weighted by Crippen LogP contribution is -2.18. The van der Waals surface area contributed by atoms with E-state index in [9.17, 15) is 0 Å². The lowest BCUT2D eigenvalue weighted by Gasteiger charge is -2.14. The summed E-state index contributed by atoms with van der Waals surface area (Å²) < 4.78 is 1.80. The summed E-state index contributed by atoms with van der Waals surface area (Å²) in [5.74, 6) is 0.730. The van der Waals surface area contributed by atoms with Crippen molar-refractivity contribution in [3.05, 3.63) is 41.7 Å². The van der Waals surface area contributed by atoms with Gasteiger partial charge in [-0.2, -0.15) is 0 Å². The van der Waals surface area contributed by atoms with Crippen LogP contribution in [0.2, 0.25) is 0 Å². The highest BCUT2D eigenvalue weighted by atomic mass is 15.6. The summed E-state index contributed by atoms with van der Waals surface area (Å²) in [7, 11) is 0. The Morgan fingerprint density at radius 2 is 1.94 bits per heavy atom. The Morgan fingerprint density at radius 3 is 2.59 bits per heavy atom. The van der Waals surface area contributed by atoms with Crippen LogP contribution in [0.1, 0.15) is 37.3 Å². The van der Waals surface area contributed by atoms with Crippen LogP contribution in [0.15, 0.2) is 30.3 Å². The SMILES string of the molecule is CC(N)c1nnnn1C(C)Cc1ccccc1. The van der Waals surface area contributed by atoms with Crippen molar-refractivity contribution in [1.82, 2.24) is 20.2 Å². The number of hydrogen-bond donors (Lipinski definition) is 1. The zero-order valence-electron chi connectivity index (χ0n) is 10.1. The van der Waals surface area contributed by atoms with Crippen LogP contribution in [0.5, 0.6) is 0 Å². The fourth-order valence-corrected chi connectivity index (χ4v) is 1.86. The maximum absolute atomic E-state index is 5.83. The number of benzene rings is 1. The molecule has 0 aliphatic heterocycles. The van der Waals surface area contributed by atoms with Gasteiger partial charge < -0.3 is 5.73 Å². The molecule has 0 aliphatic carbocycles. The van der Waals surface area contributed by atoms with Crippen LogP contribution in [0, 0.1) is 0 Å². The molecule has 0 bridgehead atoms. The second-order valence-corrected chi connectivity index (χ2v) is 4.31. The Hall–Kier alpha value is -1.75. The first-order chi connectivity index (χ1) is 8.18. The van der Waals surface area contributed by atoms with Gasteiger partial charge in [0.1, 0.15) is 0 Å². The summed E-state index contributed by atoms with van der Waals surface area (Å²) in [4.78, 5) is 0. The third kappa shape index (κ3) is 2.68. The quantitative estimate of drug-likeness (QED) is 0.865. The molecule has 2 N–H and O–H groups in total. The molecule has 0 saturated carbocycles. The van der Waals surface area contributed by atoms with Crippen molar-refractivity contribution in [1.29, 1.82) is 0 Å². The van der Waals surface area contributed by atoms with E-state index in [1.165, 1.54) is 5.56 Å². The molecule has 0 spiro atoms. The van der Waals surface area contributed by atoms with E-state index in [4.69, 9.17) is 5.73 Å². The van der Waals surface area contributed by atoms with Crippen molar-refractivity contribution >= 4 is 0 Å². The maximum Gasteiger partial charge on any atom is 0.167 e. The van der Waals surface area contributed by atoms with E-state index in [1.807, 2.05) is 25.1 Å². The van der Waals surface area contributed by atoms with Crippen LogP contribution >= 0.6 is 0 Å². The zero-order valence-corrected chi connectivity index (χ0v) is 10.1. The van der Waals surface area contributed by atoms with Gasteiger partial charge in [0.15, 0.2) is 5.82 Å². The Kier molecular flexibility index (Phi) is 3.49. The largest absolute Gasteiger partial charge is 0.322 e. The van der Waals surface area contributed by atoms with Crippen LogP contribution in [0.3, 0.4) is 0 Å². The van der Waals surface area contributed by atoms with E-state index >= 15 is 0 Å². The highest BCUT2D eigenvalue weighted by Crippen LogP contribution is 2.16. The molecule has 0 radical (unpaired) electrons. The molecule has 2 unspecified atom stereocenters. The highest BCUT2D eigenvalue weighted by molar-refractivity contribution is 5.15. The van der Waals surface area contributed by atoms with Gasteiger partial charge in [0.25, 0.3) is 0 Å². The summed E-state index contributed by atoms with van der Waals surface area (Å²) >= 11 is 0. The Balaban J connectivity index is 2.15. The molecule has 2 atom stereocenters. The molecule has 1 aromatic carbocycles. The third-order valence-electron chi connectivity index (χ3n) is 2.72. The number of tetrazole rings is 1. The van der Waals surface area contributed by atoms with E-state index in [1.54, 1.807) is 4.68 Å². The summed E-state index contributed by atoms with van der Waals surface area (Å²) in [5.41, 5.74) is 7.10. The number of nitrogens with zero attached hydrogens (tertiary/aromatic N) is 4. The van der Waals surface area contributed by atoms with Crippen LogP contribution in [-0.4, -0.2) is 20.2 Å². The standard InChI is InChI=1S/C12H17N5/c1-9(8-11-6-4-3-5-7-11)17-12(10(2)13)14-15-16-17/h3-7,9-10H,8,13H2,1-2H3. The van der Waals surface area contributed by atoms with Crippen molar-refractivity contribution in [2.45, 2.75) is 32.4 Å². The predicted octanol–water partition coefficient (Wildman–Crippen LogP) is 1.50. The summed E-state index contributed by atoms with van der Waals surface area (Å²) in [6.45, 7) is 3.98. The Morgan fingerprint density at radius 1 is 1.24 bits per heavy atom. The van der Waals surface area contributed by atoms with E-state index in [-0.39, 0.29) is 12.1 Å². The smallest absolute Gasteiger partial charge is 0.167 e. The second-order valence-electron chi connectivity index (χ2n) is 4.31. The molecular weight excluding hydrogens is 214 g/mol. The van der Waals surface area contributed by atoms with Crippen LogP contribution < -0.4 is 5.73 Å². The van der Waals surface area contributed by atoms with Gasteiger partial charge in [0, 0.05) is 0 Å². The Bertz CT molecular complexity index is 463. The summed E-state index contributed by atoms with van der Waals surface area (Å²) in [6, 6.07) is 10.3. The normalized spacial score (nSPS) is 14.5. The van der Waals surface area contributed by atoms with Crippen LogP contribution in [0.4, 0.5) is 0 Å². The molecule has 90 valence electrons. The number of aromatic nitrogens is 4. The molecule has 0 fully saturated rings. The van der Waals surface area contributed by atoms with Gasteiger partial charge in [-0.15, -0.1) is 5.10 Å². The van der Waals surface area contributed by atoms with Crippen LogP contribution in [-0.2, 0) is 6.42 Å². The molecule has 5 heteroatoms. The zero-order chi connectivity index (χ0) is 12.3. The van der Waals surface area contributed by atoms with E-state index in [2.05, 4.69) is 34.6 Å². The van der Waals surface area contributed by atoms with Gasteiger partial charge in [-0.25, -0.2) is 4.68 Å². The van der Waals surface area contributed by atoms with Crippen molar-refractivity contribution in [3.63, 3.8) is 0 Å². The lowest BCUT2D eigenvalue weighted by molar-refractivity contribution is 0.446. The average molecular weight is 231 g/mol. The molecule has 2 aromatic rings. The fourth-order valence-electron chi connectivity index (χ4n) is 1.86. The summed E-state index contributed by atoms with van der Waals surface area (Å²) in [5, 5.41) is 11.7. The van der Waals surface area contributed by atoms with Crippen molar-refractivity contribution in [2.75, 3.05) is 0 Å². The maximum atomic E-state index is 5.83.